The monoisotopic (exact) mass is 187 g/mol. The molecule has 0 saturated carbocycles. The number of hydrogen-bond acceptors (Lipinski definition) is 3. The van der Waals surface area contributed by atoms with Gasteiger partial charge in [-0.1, -0.05) is 0 Å². The van der Waals surface area contributed by atoms with Gasteiger partial charge in [0.2, 0.25) is 11.8 Å². The van der Waals surface area contributed by atoms with Gasteiger partial charge in [-0.15, -0.1) is 0 Å². The predicted octanol–water partition coefficient (Wildman–Crippen LogP) is 1.58. The third-order valence-corrected chi connectivity index (χ3v) is 2.51. The fourth-order valence-corrected chi connectivity index (χ4v) is 1.87. The Morgan fingerprint density at radius 2 is 1.58 bits per heavy atom. The summed E-state index contributed by atoms with van der Waals surface area (Å²) in [6, 6.07) is 0. The largest absolute Gasteiger partial charge is 0.273 e. The highest BCUT2D eigenvalue weighted by Gasteiger charge is 2.32. The molecule has 0 spiro atoms. The van der Waals surface area contributed by atoms with Crippen molar-refractivity contribution in [3.63, 3.8) is 0 Å². The minimum Gasteiger partial charge on any atom is -0.273 e. The van der Waals surface area contributed by atoms with Gasteiger partial charge in [0, 0.05) is 17.6 Å². The van der Waals surface area contributed by atoms with Crippen molar-refractivity contribution in [3.8, 4) is 0 Å². The van der Waals surface area contributed by atoms with Crippen molar-refractivity contribution in [1.82, 2.24) is 4.31 Å². The van der Waals surface area contributed by atoms with E-state index in [9.17, 15) is 9.59 Å². The predicted molar refractivity (Wildman–Crippen MR) is 48.4 cm³/mol. The molecule has 0 aromatic carbocycles. The summed E-state index contributed by atoms with van der Waals surface area (Å²) < 4.78 is 1.22. The van der Waals surface area contributed by atoms with Gasteiger partial charge in [0.15, 0.2) is 0 Å². The van der Waals surface area contributed by atoms with E-state index in [-0.39, 0.29) is 16.6 Å². The van der Waals surface area contributed by atoms with Gasteiger partial charge in [-0.3, -0.25) is 9.59 Å². The molecule has 0 radical (unpaired) electrons. The van der Waals surface area contributed by atoms with E-state index in [2.05, 4.69) is 0 Å². The standard InChI is InChI=1S/C8H13NO2S/c1-8(2,3)12-9-6(10)4-5-7(9)11/h4-5H2,1-3H3. The van der Waals surface area contributed by atoms with Crippen LogP contribution in [0.4, 0.5) is 0 Å². The van der Waals surface area contributed by atoms with Crippen molar-refractivity contribution in [2.45, 2.75) is 38.4 Å². The Morgan fingerprint density at radius 3 is 1.92 bits per heavy atom. The minimum absolute atomic E-state index is 0.0556. The second kappa shape index (κ2) is 3.09. The van der Waals surface area contributed by atoms with Crippen molar-refractivity contribution >= 4 is 23.8 Å². The second-order valence-electron chi connectivity index (χ2n) is 3.79. The van der Waals surface area contributed by atoms with Crippen LogP contribution in [0.2, 0.25) is 0 Å². The molecule has 3 nitrogen and oxygen atoms in total. The lowest BCUT2D eigenvalue weighted by Gasteiger charge is -2.22. The fourth-order valence-electron chi connectivity index (χ4n) is 0.932. The molecule has 0 atom stereocenters. The SMILES string of the molecule is CC(C)(C)SN1C(=O)CCC1=O. The smallest absolute Gasteiger partial charge is 0.239 e. The van der Waals surface area contributed by atoms with Crippen molar-refractivity contribution in [1.29, 1.82) is 0 Å². The van der Waals surface area contributed by atoms with Gasteiger partial charge in [0.1, 0.15) is 0 Å². The summed E-state index contributed by atoms with van der Waals surface area (Å²) in [5.41, 5.74) is 0. The Balaban J connectivity index is 2.62. The fraction of sp³-hybridized carbons (Fsp3) is 0.750. The molecule has 4 heteroatoms. The zero-order chi connectivity index (χ0) is 9.35. The molecule has 1 rings (SSSR count). The number of rotatable bonds is 1. The van der Waals surface area contributed by atoms with Crippen LogP contribution >= 0.6 is 11.9 Å². The van der Waals surface area contributed by atoms with Crippen LogP contribution in [0.15, 0.2) is 0 Å². The van der Waals surface area contributed by atoms with Gasteiger partial charge in [-0.05, 0) is 32.7 Å². The number of amides is 2. The van der Waals surface area contributed by atoms with Crippen molar-refractivity contribution in [2.75, 3.05) is 0 Å². The molecule has 1 aliphatic rings. The summed E-state index contributed by atoms with van der Waals surface area (Å²) in [4.78, 5) is 22.3. The molecule has 0 N–H and O–H groups in total. The molecule has 12 heavy (non-hydrogen) atoms. The first-order chi connectivity index (χ1) is 5.40. The summed E-state index contributed by atoms with van der Waals surface area (Å²) in [5.74, 6) is -0.111. The molecule has 68 valence electrons. The van der Waals surface area contributed by atoms with Crippen molar-refractivity contribution in [2.24, 2.45) is 0 Å². The molecule has 0 aliphatic carbocycles. The highest BCUT2D eigenvalue weighted by molar-refractivity contribution is 7.99. The van der Waals surface area contributed by atoms with Crippen LogP contribution in [0.1, 0.15) is 33.6 Å². The molecule has 0 aromatic heterocycles. The zero-order valence-corrected chi connectivity index (χ0v) is 8.40. The average molecular weight is 187 g/mol. The summed E-state index contributed by atoms with van der Waals surface area (Å²) in [6.07, 6.45) is 0.754. The summed E-state index contributed by atoms with van der Waals surface area (Å²) in [7, 11) is 0. The normalized spacial score (nSPS) is 19.1. The van der Waals surface area contributed by atoms with E-state index in [0.29, 0.717) is 12.8 Å². The van der Waals surface area contributed by atoms with Crippen LogP contribution in [-0.2, 0) is 9.59 Å². The number of nitrogens with zero attached hydrogens (tertiary/aromatic N) is 1. The quantitative estimate of drug-likeness (QED) is 0.462. The molecule has 0 bridgehead atoms. The highest BCUT2D eigenvalue weighted by Crippen LogP contribution is 2.31. The van der Waals surface area contributed by atoms with Gasteiger partial charge in [-0.2, -0.15) is 0 Å². The molecular formula is C8H13NO2S. The number of carbonyl (C=O) groups is 2. The van der Waals surface area contributed by atoms with Gasteiger partial charge < -0.3 is 0 Å². The van der Waals surface area contributed by atoms with Crippen LogP contribution in [-0.4, -0.2) is 20.9 Å². The lowest BCUT2D eigenvalue weighted by molar-refractivity contribution is -0.131. The first kappa shape index (κ1) is 9.58. The Hall–Kier alpha value is -0.510. The van der Waals surface area contributed by atoms with Gasteiger partial charge >= 0.3 is 0 Å². The minimum atomic E-state index is -0.0737. The van der Waals surface area contributed by atoms with E-state index in [0.717, 1.165) is 0 Å². The van der Waals surface area contributed by atoms with Crippen LogP contribution in [0.3, 0.4) is 0 Å². The van der Waals surface area contributed by atoms with E-state index in [4.69, 9.17) is 0 Å². The lowest BCUT2D eigenvalue weighted by Crippen LogP contribution is -2.27. The molecule has 1 fully saturated rings. The third-order valence-electron chi connectivity index (χ3n) is 1.37. The Kier molecular flexibility index (Phi) is 2.46. The maximum Gasteiger partial charge on any atom is 0.239 e. The molecule has 0 unspecified atom stereocenters. The summed E-state index contributed by atoms with van der Waals surface area (Å²) in [6.45, 7) is 5.95. The lowest BCUT2D eigenvalue weighted by atomic mass is 10.3. The second-order valence-corrected chi connectivity index (χ2v) is 5.56. The molecule has 2 amide bonds. The van der Waals surface area contributed by atoms with Crippen molar-refractivity contribution in [3.05, 3.63) is 0 Å². The van der Waals surface area contributed by atoms with Crippen LogP contribution < -0.4 is 0 Å². The van der Waals surface area contributed by atoms with Crippen LogP contribution in [0, 0.1) is 0 Å². The van der Waals surface area contributed by atoms with Gasteiger partial charge in [-0.25, -0.2) is 4.31 Å². The summed E-state index contributed by atoms with van der Waals surface area (Å²) >= 11 is 1.31. The topological polar surface area (TPSA) is 37.4 Å². The number of carbonyl (C=O) groups excluding carboxylic acids is 2. The van der Waals surface area contributed by atoms with E-state index in [1.165, 1.54) is 16.3 Å². The first-order valence-corrected chi connectivity index (χ1v) is 4.72. The molecule has 1 saturated heterocycles. The van der Waals surface area contributed by atoms with E-state index < -0.39 is 0 Å². The summed E-state index contributed by atoms with van der Waals surface area (Å²) in [5, 5.41) is 0. The third kappa shape index (κ3) is 2.24. The van der Waals surface area contributed by atoms with Crippen molar-refractivity contribution < 1.29 is 9.59 Å². The van der Waals surface area contributed by atoms with E-state index in [1.807, 2.05) is 20.8 Å². The molecule has 1 heterocycles. The number of imide groups is 1. The first-order valence-electron chi connectivity index (χ1n) is 3.95. The Bertz CT molecular complexity index is 204. The van der Waals surface area contributed by atoms with Crippen LogP contribution in [0.5, 0.6) is 0 Å². The average Bonchev–Trinajstić information content (AvgIpc) is 2.16. The number of hydrogen-bond donors (Lipinski definition) is 0. The maximum absolute atomic E-state index is 11.1. The van der Waals surface area contributed by atoms with Gasteiger partial charge in [0.05, 0.1) is 0 Å². The molecule has 1 aliphatic heterocycles. The van der Waals surface area contributed by atoms with E-state index in [1.54, 1.807) is 0 Å². The van der Waals surface area contributed by atoms with E-state index >= 15 is 0 Å². The molecular weight excluding hydrogens is 174 g/mol. The Labute approximate surface area is 76.6 Å². The Morgan fingerprint density at radius 1 is 1.17 bits per heavy atom. The zero-order valence-electron chi connectivity index (χ0n) is 7.59. The maximum atomic E-state index is 11.1. The highest BCUT2D eigenvalue weighted by atomic mass is 32.2. The molecule has 0 aromatic rings. The van der Waals surface area contributed by atoms with Crippen LogP contribution in [0.25, 0.3) is 0 Å². The van der Waals surface area contributed by atoms with Gasteiger partial charge in [0.25, 0.3) is 0 Å².